The summed E-state index contributed by atoms with van der Waals surface area (Å²) in [5, 5.41) is 12.1. The summed E-state index contributed by atoms with van der Waals surface area (Å²) >= 11 is 0. The second kappa shape index (κ2) is 6.56. The lowest BCUT2D eigenvalue weighted by Crippen LogP contribution is -2.35. The van der Waals surface area contributed by atoms with Gasteiger partial charge in [0.1, 0.15) is 6.54 Å². The number of aromatic nitrogens is 1. The minimum absolute atomic E-state index is 0.0817. The van der Waals surface area contributed by atoms with Gasteiger partial charge in [-0.25, -0.2) is 4.79 Å². The minimum Gasteiger partial charge on any atom is -0.478 e. The highest BCUT2D eigenvalue weighted by molar-refractivity contribution is 5.89. The van der Waals surface area contributed by atoms with Gasteiger partial charge in [-0.05, 0) is 18.9 Å². The van der Waals surface area contributed by atoms with Crippen molar-refractivity contribution < 1.29 is 19.4 Å². The second-order valence-corrected chi connectivity index (χ2v) is 5.09. The van der Waals surface area contributed by atoms with E-state index in [1.54, 1.807) is 10.8 Å². The van der Waals surface area contributed by atoms with Crippen LogP contribution in [0.1, 0.15) is 41.7 Å². The Bertz CT molecular complexity index is 489. The van der Waals surface area contributed by atoms with Crippen LogP contribution in [0.5, 0.6) is 0 Å². The monoisotopic (exact) mass is 280 g/mol. The molecule has 1 aromatic rings. The van der Waals surface area contributed by atoms with Gasteiger partial charge in [0.15, 0.2) is 0 Å². The molecular weight excluding hydrogens is 260 g/mol. The molecule has 0 bridgehead atoms. The molecule has 0 aliphatic heterocycles. The number of hydrogen-bond donors (Lipinski definition) is 2. The van der Waals surface area contributed by atoms with Gasteiger partial charge < -0.3 is 19.7 Å². The van der Waals surface area contributed by atoms with Crippen molar-refractivity contribution in [1.29, 1.82) is 0 Å². The van der Waals surface area contributed by atoms with E-state index in [0.29, 0.717) is 5.69 Å². The number of amides is 1. The molecule has 1 aromatic heterocycles. The first-order valence-electron chi connectivity index (χ1n) is 6.81. The molecule has 6 nitrogen and oxygen atoms in total. The van der Waals surface area contributed by atoms with Crippen LogP contribution in [0.2, 0.25) is 0 Å². The molecule has 1 aliphatic rings. The fourth-order valence-corrected chi connectivity index (χ4v) is 2.64. The van der Waals surface area contributed by atoms with E-state index < -0.39 is 5.97 Å². The number of carboxylic acid groups (broad SMARTS) is 1. The van der Waals surface area contributed by atoms with Crippen molar-refractivity contribution in [3.63, 3.8) is 0 Å². The molecule has 6 heteroatoms. The van der Waals surface area contributed by atoms with Crippen molar-refractivity contribution in [1.82, 2.24) is 9.88 Å². The number of hydrogen-bond acceptors (Lipinski definition) is 3. The van der Waals surface area contributed by atoms with Gasteiger partial charge in [-0.3, -0.25) is 4.79 Å². The van der Waals surface area contributed by atoms with E-state index in [0.717, 1.165) is 25.7 Å². The Hall–Kier alpha value is -1.82. The number of carbonyl (C=O) groups is 2. The van der Waals surface area contributed by atoms with E-state index in [1.807, 2.05) is 0 Å². The Morgan fingerprint density at radius 3 is 2.75 bits per heavy atom. The van der Waals surface area contributed by atoms with Crippen LogP contribution in [0.15, 0.2) is 12.3 Å². The maximum absolute atomic E-state index is 12.0. The highest BCUT2D eigenvalue weighted by Gasteiger charge is 2.19. The Kier molecular flexibility index (Phi) is 4.79. The SMILES string of the molecule is COCc1c(C(=O)O)ccn1CC(=O)NC1CCCC1. The van der Waals surface area contributed by atoms with Crippen LogP contribution in [0.4, 0.5) is 0 Å². The van der Waals surface area contributed by atoms with Crippen LogP contribution < -0.4 is 5.32 Å². The highest BCUT2D eigenvalue weighted by Crippen LogP contribution is 2.18. The van der Waals surface area contributed by atoms with Crippen LogP contribution in [0.3, 0.4) is 0 Å². The Labute approximate surface area is 117 Å². The lowest BCUT2D eigenvalue weighted by Gasteiger charge is -2.14. The van der Waals surface area contributed by atoms with Gasteiger partial charge in [0, 0.05) is 19.3 Å². The quantitative estimate of drug-likeness (QED) is 0.825. The van der Waals surface area contributed by atoms with E-state index in [1.165, 1.54) is 13.2 Å². The Balaban J connectivity index is 2.04. The van der Waals surface area contributed by atoms with Crippen molar-refractivity contribution in [2.45, 2.75) is 44.9 Å². The molecule has 0 atom stereocenters. The molecule has 2 N–H and O–H groups in total. The van der Waals surface area contributed by atoms with Crippen molar-refractivity contribution >= 4 is 11.9 Å². The zero-order valence-electron chi connectivity index (χ0n) is 11.6. The van der Waals surface area contributed by atoms with Gasteiger partial charge in [-0.2, -0.15) is 0 Å². The summed E-state index contributed by atoms with van der Waals surface area (Å²) in [5.41, 5.74) is 0.696. The fraction of sp³-hybridized carbons (Fsp3) is 0.571. The molecule has 1 aliphatic carbocycles. The number of carboxylic acids is 1. The van der Waals surface area contributed by atoms with E-state index in [-0.39, 0.29) is 30.7 Å². The predicted octanol–water partition coefficient (Wildman–Crippen LogP) is 1.39. The average Bonchev–Trinajstić information content (AvgIpc) is 3.00. The van der Waals surface area contributed by atoms with Crippen molar-refractivity contribution in [2.75, 3.05) is 7.11 Å². The number of rotatable bonds is 6. The zero-order valence-corrected chi connectivity index (χ0v) is 11.6. The first kappa shape index (κ1) is 14.6. The van der Waals surface area contributed by atoms with E-state index in [2.05, 4.69) is 5.32 Å². The lowest BCUT2D eigenvalue weighted by atomic mass is 10.2. The average molecular weight is 280 g/mol. The first-order chi connectivity index (χ1) is 9.61. The molecule has 0 saturated heterocycles. The van der Waals surface area contributed by atoms with Crippen molar-refractivity contribution in [3.8, 4) is 0 Å². The third-order valence-corrected chi connectivity index (χ3v) is 3.62. The maximum Gasteiger partial charge on any atom is 0.337 e. The Morgan fingerprint density at radius 1 is 1.45 bits per heavy atom. The number of methoxy groups -OCH3 is 1. The predicted molar refractivity (Wildman–Crippen MR) is 72.5 cm³/mol. The van der Waals surface area contributed by atoms with Gasteiger partial charge in [0.25, 0.3) is 0 Å². The molecule has 1 heterocycles. The second-order valence-electron chi connectivity index (χ2n) is 5.09. The van der Waals surface area contributed by atoms with Gasteiger partial charge in [0.2, 0.25) is 5.91 Å². The van der Waals surface area contributed by atoms with Crippen LogP contribution in [-0.4, -0.2) is 34.7 Å². The summed E-state index contributed by atoms with van der Waals surface area (Å²) in [5.74, 6) is -1.09. The van der Waals surface area contributed by atoms with Crippen LogP contribution in [0.25, 0.3) is 0 Å². The zero-order chi connectivity index (χ0) is 14.5. The number of aromatic carboxylic acids is 1. The molecule has 1 fully saturated rings. The largest absolute Gasteiger partial charge is 0.478 e. The summed E-state index contributed by atoms with van der Waals surface area (Å²) < 4.78 is 6.65. The number of ether oxygens (including phenoxy) is 1. The standard InChI is InChI=1S/C14H20N2O4/c1-20-9-12-11(14(18)19)6-7-16(12)8-13(17)15-10-4-2-3-5-10/h6-7,10H,2-5,8-9H2,1H3,(H,15,17)(H,18,19). The van der Waals surface area contributed by atoms with Gasteiger partial charge >= 0.3 is 5.97 Å². The summed E-state index contributed by atoms with van der Waals surface area (Å²) in [7, 11) is 1.50. The fourth-order valence-electron chi connectivity index (χ4n) is 2.64. The van der Waals surface area contributed by atoms with E-state index >= 15 is 0 Å². The first-order valence-corrected chi connectivity index (χ1v) is 6.81. The normalized spacial score (nSPS) is 15.4. The molecular formula is C14H20N2O4. The third kappa shape index (κ3) is 3.39. The lowest BCUT2D eigenvalue weighted by molar-refractivity contribution is -0.122. The topological polar surface area (TPSA) is 80.6 Å². The van der Waals surface area contributed by atoms with Crippen molar-refractivity contribution in [3.05, 3.63) is 23.5 Å². The molecule has 2 rings (SSSR count). The van der Waals surface area contributed by atoms with Gasteiger partial charge in [-0.15, -0.1) is 0 Å². The van der Waals surface area contributed by atoms with Crippen LogP contribution >= 0.6 is 0 Å². The molecule has 0 spiro atoms. The minimum atomic E-state index is -1.01. The van der Waals surface area contributed by atoms with Crippen LogP contribution in [-0.2, 0) is 22.7 Å². The summed E-state index contributed by atoms with van der Waals surface area (Å²) in [6.45, 7) is 0.299. The molecule has 1 amide bonds. The molecule has 0 aromatic carbocycles. The van der Waals surface area contributed by atoms with E-state index in [4.69, 9.17) is 9.84 Å². The maximum atomic E-state index is 12.0. The number of nitrogens with zero attached hydrogens (tertiary/aromatic N) is 1. The third-order valence-electron chi connectivity index (χ3n) is 3.62. The molecule has 20 heavy (non-hydrogen) atoms. The number of nitrogens with one attached hydrogen (secondary N) is 1. The van der Waals surface area contributed by atoms with Gasteiger partial charge in [0.05, 0.1) is 17.9 Å². The smallest absolute Gasteiger partial charge is 0.337 e. The summed E-state index contributed by atoms with van der Waals surface area (Å²) in [4.78, 5) is 23.1. The van der Waals surface area contributed by atoms with Crippen LogP contribution in [0, 0.1) is 0 Å². The van der Waals surface area contributed by atoms with Crippen molar-refractivity contribution in [2.24, 2.45) is 0 Å². The Morgan fingerprint density at radius 2 is 2.15 bits per heavy atom. The molecule has 0 radical (unpaired) electrons. The highest BCUT2D eigenvalue weighted by atomic mass is 16.5. The molecule has 1 saturated carbocycles. The molecule has 0 unspecified atom stereocenters. The summed E-state index contributed by atoms with van der Waals surface area (Å²) in [6, 6.07) is 1.77. The van der Waals surface area contributed by atoms with E-state index in [9.17, 15) is 9.59 Å². The number of carbonyl (C=O) groups excluding carboxylic acids is 1. The molecule has 110 valence electrons. The van der Waals surface area contributed by atoms with Gasteiger partial charge in [-0.1, -0.05) is 12.8 Å². The summed E-state index contributed by atoms with van der Waals surface area (Å²) in [6.07, 6.45) is 6.00.